The van der Waals surface area contributed by atoms with Gasteiger partial charge in [0.1, 0.15) is 6.10 Å². The first-order valence-corrected chi connectivity index (χ1v) is 9.93. The molecule has 1 atom stereocenters. The first kappa shape index (κ1) is 17.0. The summed E-state index contributed by atoms with van der Waals surface area (Å²) in [4.78, 5) is 29.2. The van der Waals surface area contributed by atoms with Gasteiger partial charge in [-0.2, -0.15) is 11.3 Å². The fourth-order valence-electron chi connectivity index (χ4n) is 4.13. The van der Waals surface area contributed by atoms with Crippen LogP contribution in [0.5, 0.6) is 0 Å². The van der Waals surface area contributed by atoms with Crippen molar-refractivity contribution in [2.45, 2.75) is 25.4 Å². The van der Waals surface area contributed by atoms with Gasteiger partial charge in [-0.05, 0) is 24.3 Å². The van der Waals surface area contributed by atoms with Crippen molar-refractivity contribution in [2.24, 2.45) is 5.41 Å². The van der Waals surface area contributed by atoms with E-state index in [1.165, 1.54) is 11.3 Å². The van der Waals surface area contributed by atoms with Crippen molar-refractivity contribution in [1.82, 2.24) is 9.80 Å². The lowest BCUT2D eigenvalue weighted by molar-refractivity contribution is -0.151. The first-order chi connectivity index (χ1) is 12.2. The van der Waals surface area contributed by atoms with Crippen LogP contribution in [0.25, 0.3) is 0 Å². The number of hydrogen-bond donors (Lipinski definition) is 0. The van der Waals surface area contributed by atoms with Gasteiger partial charge in [0.05, 0.1) is 24.2 Å². The Morgan fingerprint density at radius 3 is 2.68 bits per heavy atom. The smallest absolute Gasteiger partial charge is 0.312 e. The lowest BCUT2D eigenvalue weighted by atomic mass is 9.76. The van der Waals surface area contributed by atoms with E-state index in [-0.39, 0.29) is 23.4 Å². The molecule has 0 N–H and O–H groups in total. The van der Waals surface area contributed by atoms with Crippen molar-refractivity contribution < 1.29 is 19.1 Å². The second kappa shape index (κ2) is 7.05. The van der Waals surface area contributed by atoms with Crippen LogP contribution in [0.3, 0.4) is 0 Å². The van der Waals surface area contributed by atoms with Crippen LogP contribution in [0.1, 0.15) is 29.6 Å². The molecule has 6 nitrogen and oxygen atoms in total. The minimum Gasteiger partial charge on any atom is -0.461 e. The third-order valence-corrected chi connectivity index (χ3v) is 6.35. The molecule has 3 aliphatic heterocycles. The number of ether oxygens (including phenoxy) is 2. The Balaban J connectivity index is 1.34. The Hall–Kier alpha value is -1.44. The molecule has 0 saturated carbocycles. The molecule has 136 valence electrons. The van der Waals surface area contributed by atoms with Gasteiger partial charge in [0.25, 0.3) is 5.91 Å². The molecule has 3 aliphatic rings. The van der Waals surface area contributed by atoms with Gasteiger partial charge in [0, 0.05) is 44.5 Å². The molecular weight excluding hydrogens is 340 g/mol. The van der Waals surface area contributed by atoms with Crippen LogP contribution in [0.2, 0.25) is 0 Å². The molecule has 0 bridgehead atoms. The van der Waals surface area contributed by atoms with E-state index in [0.29, 0.717) is 25.9 Å². The molecular formula is C18H24N2O4S. The number of carbonyl (C=O) groups excluding carboxylic acids is 2. The monoisotopic (exact) mass is 364 g/mol. The summed E-state index contributed by atoms with van der Waals surface area (Å²) in [6, 6.07) is 1.86. The van der Waals surface area contributed by atoms with Crippen LogP contribution >= 0.6 is 11.3 Å². The van der Waals surface area contributed by atoms with Gasteiger partial charge >= 0.3 is 5.97 Å². The summed E-state index contributed by atoms with van der Waals surface area (Å²) >= 11 is 1.53. The number of carbonyl (C=O) groups is 2. The van der Waals surface area contributed by atoms with Crippen LogP contribution in [-0.2, 0) is 14.3 Å². The van der Waals surface area contributed by atoms with Crippen molar-refractivity contribution in [1.29, 1.82) is 0 Å². The van der Waals surface area contributed by atoms with E-state index in [1.54, 1.807) is 0 Å². The van der Waals surface area contributed by atoms with E-state index in [1.807, 2.05) is 21.7 Å². The van der Waals surface area contributed by atoms with Gasteiger partial charge in [-0.15, -0.1) is 0 Å². The van der Waals surface area contributed by atoms with E-state index >= 15 is 0 Å². The Morgan fingerprint density at radius 1 is 1.24 bits per heavy atom. The number of likely N-dealkylation sites (tertiary alicyclic amines) is 1. The number of amides is 1. The molecule has 0 aromatic carbocycles. The number of cyclic esters (lactones) is 1. The molecule has 4 heterocycles. The van der Waals surface area contributed by atoms with Crippen LogP contribution in [-0.4, -0.2) is 73.7 Å². The average molecular weight is 364 g/mol. The third-order valence-electron chi connectivity index (χ3n) is 5.67. The van der Waals surface area contributed by atoms with Gasteiger partial charge in [0.2, 0.25) is 0 Å². The first-order valence-electron chi connectivity index (χ1n) is 8.99. The van der Waals surface area contributed by atoms with Gasteiger partial charge in [0.15, 0.2) is 0 Å². The molecule has 7 heteroatoms. The molecule has 0 aliphatic carbocycles. The Kier molecular flexibility index (Phi) is 4.80. The average Bonchev–Trinajstić information content (AvgIpc) is 3.26. The summed E-state index contributed by atoms with van der Waals surface area (Å²) in [6.45, 7) is 5.39. The van der Waals surface area contributed by atoms with E-state index in [0.717, 1.165) is 44.8 Å². The quantitative estimate of drug-likeness (QED) is 0.763. The van der Waals surface area contributed by atoms with Gasteiger partial charge in [-0.1, -0.05) is 0 Å². The molecule has 3 fully saturated rings. The van der Waals surface area contributed by atoms with Crippen LogP contribution in [0, 0.1) is 5.41 Å². The molecule has 1 unspecified atom stereocenters. The summed E-state index contributed by atoms with van der Waals surface area (Å²) in [5.41, 5.74) is 0.364. The normalized spacial score (nSPS) is 26.8. The maximum Gasteiger partial charge on any atom is 0.312 e. The van der Waals surface area contributed by atoms with Gasteiger partial charge in [-0.3, -0.25) is 14.5 Å². The zero-order valence-electron chi connectivity index (χ0n) is 14.3. The van der Waals surface area contributed by atoms with Gasteiger partial charge < -0.3 is 14.4 Å². The highest BCUT2D eigenvalue weighted by molar-refractivity contribution is 7.08. The molecule has 3 saturated heterocycles. The zero-order chi connectivity index (χ0) is 17.3. The van der Waals surface area contributed by atoms with E-state index in [2.05, 4.69) is 4.90 Å². The Morgan fingerprint density at radius 2 is 2.00 bits per heavy atom. The predicted molar refractivity (Wildman–Crippen MR) is 93.6 cm³/mol. The SMILES string of the molecule is O=C(c1ccsc1)N1CCC2(CC1)CC(CN1CCOCC1)OC2=O. The van der Waals surface area contributed by atoms with Crippen molar-refractivity contribution in [3.05, 3.63) is 22.4 Å². The maximum atomic E-state index is 12.5. The zero-order valence-corrected chi connectivity index (χ0v) is 15.1. The highest BCUT2D eigenvalue weighted by atomic mass is 32.1. The summed E-state index contributed by atoms with van der Waals surface area (Å²) < 4.78 is 11.1. The lowest BCUT2D eigenvalue weighted by Crippen LogP contribution is -2.45. The fourth-order valence-corrected chi connectivity index (χ4v) is 4.76. The Bertz CT molecular complexity index is 619. The van der Waals surface area contributed by atoms with Crippen molar-refractivity contribution in [3.63, 3.8) is 0 Å². The third kappa shape index (κ3) is 3.45. The highest BCUT2D eigenvalue weighted by Crippen LogP contribution is 2.43. The largest absolute Gasteiger partial charge is 0.461 e. The topological polar surface area (TPSA) is 59.1 Å². The molecule has 1 aromatic heterocycles. The van der Waals surface area contributed by atoms with Crippen LogP contribution in [0.4, 0.5) is 0 Å². The standard InChI is InChI=1S/C18H24N2O4S/c21-16(14-1-10-25-13-14)20-4-2-18(3-5-20)11-15(24-17(18)22)12-19-6-8-23-9-7-19/h1,10,13,15H,2-9,11-12H2. The summed E-state index contributed by atoms with van der Waals surface area (Å²) in [6.07, 6.45) is 2.18. The number of thiophene rings is 1. The second-order valence-electron chi connectivity index (χ2n) is 7.23. The van der Waals surface area contributed by atoms with Crippen molar-refractivity contribution >= 4 is 23.2 Å². The van der Waals surface area contributed by atoms with E-state index < -0.39 is 0 Å². The van der Waals surface area contributed by atoms with Crippen LogP contribution in [0.15, 0.2) is 16.8 Å². The Labute approximate surface area is 151 Å². The second-order valence-corrected chi connectivity index (χ2v) is 8.01. The minimum atomic E-state index is -0.387. The summed E-state index contributed by atoms with van der Waals surface area (Å²) in [5, 5.41) is 3.80. The predicted octanol–water partition coefficient (Wildman–Crippen LogP) is 1.62. The van der Waals surface area contributed by atoms with Gasteiger partial charge in [-0.25, -0.2) is 0 Å². The molecule has 1 aromatic rings. The number of esters is 1. The fraction of sp³-hybridized carbons (Fsp3) is 0.667. The molecule has 1 spiro atoms. The highest BCUT2D eigenvalue weighted by Gasteiger charge is 2.51. The summed E-state index contributed by atoms with van der Waals surface area (Å²) in [7, 11) is 0. The molecule has 25 heavy (non-hydrogen) atoms. The van der Waals surface area contributed by atoms with E-state index in [4.69, 9.17) is 9.47 Å². The number of morpholine rings is 1. The number of rotatable bonds is 3. The molecule has 4 rings (SSSR count). The maximum absolute atomic E-state index is 12.5. The molecule has 1 amide bonds. The number of hydrogen-bond acceptors (Lipinski definition) is 6. The summed E-state index contributed by atoms with van der Waals surface area (Å²) in [5.74, 6) is 0.0146. The van der Waals surface area contributed by atoms with Crippen molar-refractivity contribution in [2.75, 3.05) is 45.9 Å². The van der Waals surface area contributed by atoms with Crippen molar-refractivity contribution in [3.8, 4) is 0 Å². The lowest BCUT2D eigenvalue weighted by Gasteiger charge is -2.36. The number of nitrogens with zero attached hydrogens (tertiary/aromatic N) is 2. The van der Waals surface area contributed by atoms with Crippen LogP contribution < -0.4 is 0 Å². The van der Waals surface area contributed by atoms with E-state index in [9.17, 15) is 9.59 Å². The molecule has 0 radical (unpaired) electrons. The minimum absolute atomic E-state index is 0.0234. The number of piperidine rings is 1.